The maximum Gasteiger partial charge on any atom is 0.330 e. The Morgan fingerprint density at radius 1 is 1.75 bits per heavy atom. The smallest absolute Gasteiger partial charge is 0.330 e. The van der Waals surface area contributed by atoms with E-state index in [2.05, 4.69) is 0 Å². The van der Waals surface area contributed by atoms with Crippen LogP contribution in [0.2, 0.25) is 0 Å². The third-order valence-corrected chi connectivity index (χ3v) is 2.77. The molecule has 68 valence electrons. The van der Waals surface area contributed by atoms with Gasteiger partial charge in [-0.25, -0.2) is 4.79 Å². The largest absolute Gasteiger partial charge is 0.478 e. The first kappa shape index (κ1) is 9.61. The molecule has 0 aromatic heterocycles. The first-order valence-electron chi connectivity index (χ1n) is 3.79. The highest BCUT2D eigenvalue weighted by molar-refractivity contribution is 8.00. The summed E-state index contributed by atoms with van der Waals surface area (Å²) in [5.74, 6) is -0.0629. The van der Waals surface area contributed by atoms with Gasteiger partial charge in [0.1, 0.15) is 0 Å². The van der Waals surface area contributed by atoms with Crippen molar-refractivity contribution in [3.8, 4) is 0 Å². The van der Waals surface area contributed by atoms with Crippen LogP contribution in [-0.2, 0) is 9.53 Å². The van der Waals surface area contributed by atoms with Crippen molar-refractivity contribution in [2.45, 2.75) is 12.2 Å². The van der Waals surface area contributed by atoms with E-state index in [4.69, 9.17) is 9.84 Å². The Labute approximate surface area is 75.8 Å². The van der Waals surface area contributed by atoms with E-state index in [-0.39, 0.29) is 0 Å². The first-order chi connectivity index (χ1) is 5.70. The molecule has 0 unspecified atom stereocenters. The number of ether oxygens (including phenoxy) is 1. The van der Waals surface area contributed by atoms with E-state index in [1.54, 1.807) is 24.8 Å². The summed E-state index contributed by atoms with van der Waals surface area (Å²) in [7, 11) is 0. The van der Waals surface area contributed by atoms with Gasteiger partial charge >= 0.3 is 5.97 Å². The quantitative estimate of drug-likeness (QED) is 0.672. The highest BCUT2D eigenvalue weighted by Crippen LogP contribution is 2.19. The fraction of sp³-hybridized carbons (Fsp3) is 0.625. The Morgan fingerprint density at radius 2 is 2.42 bits per heavy atom. The van der Waals surface area contributed by atoms with Gasteiger partial charge in [-0.1, -0.05) is 6.08 Å². The van der Waals surface area contributed by atoms with Crippen molar-refractivity contribution in [2.75, 3.05) is 19.0 Å². The first-order valence-corrected chi connectivity index (χ1v) is 4.84. The van der Waals surface area contributed by atoms with E-state index in [0.29, 0.717) is 10.8 Å². The van der Waals surface area contributed by atoms with Gasteiger partial charge in [0.05, 0.1) is 18.5 Å². The Kier molecular flexibility index (Phi) is 3.62. The average Bonchev–Trinajstić information content (AvgIpc) is 1.93. The van der Waals surface area contributed by atoms with Crippen LogP contribution in [0.1, 0.15) is 6.92 Å². The van der Waals surface area contributed by atoms with Gasteiger partial charge in [0.15, 0.2) is 0 Å². The minimum absolute atomic E-state index is 0.419. The molecule has 0 saturated carbocycles. The van der Waals surface area contributed by atoms with E-state index in [1.807, 2.05) is 0 Å². The van der Waals surface area contributed by atoms with Gasteiger partial charge < -0.3 is 9.84 Å². The Bertz CT molecular complexity index is 196. The number of carbonyl (C=O) groups is 1. The second-order valence-electron chi connectivity index (χ2n) is 2.69. The van der Waals surface area contributed by atoms with Gasteiger partial charge in [-0.2, -0.15) is 0 Å². The molecule has 0 aliphatic carbocycles. The summed E-state index contributed by atoms with van der Waals surface area (Å²) in [6, 6.07) is 0. The van der Waals surface area contributed by atoms with Crippen molar-refractivity contribution in [1.29, 1.82) is 0 Å². The molecule has 0 aromatic carbocycles. The molecule has 1 aliphatic rings. The van der Waals surface area contributed by atoms with Gasteiger partial charge in [-0.15, -0.1) is 11.8 Å². The molecule has 0 atom stereocenters. The molecule has 3 nitrogen and oxygen atoms in total. The van der Waals surface area contributed by atoms with E-state index in [9.17, 15) is 4.79 Å². The number of hydrogen-bond donors (Lipinski definition) is 1. The standard InChI is InChI=1S/C8H12O3S/c1-6(8(9)10)2-3-12-7-4-11-5-7/h2,7H,3-5H2,1H3,(H,9,10). The topological polar surface area (TPSA) is 46.5 Å². The van der Waals surface area contributed by atoms with Crippen LogP contribution in [0.3, 0.4) is 0 Å². The molecular weight excluding hydrogens is 176 g/mol. The molecule has 1 rings (SSSR count). The summed E-state index contributed by atoms with van der Waals surface area (Å²) in [6.45, 7) is 3.23. The van der Waals surface area contributed by atoms with E-state index >= 15 is 0 Å². The maximum atomic E-state index is 10.4. The predicted molar refractivity (Wildman–Crippen MR) is 48.5 cm³/mol. The monoisotopic (exact) mass is 188 g/mol. The zero-order valence-electron chi connectivity index (χ0n) is 6.95. The third-order valence-electron chi connectivity index (χ3n) is 1.67. The lowest BCUT2D eigenvalue weighted by Gasteiger charge is -2.24. The second-order valence-corrected chi connectivity index (χ2v) is 4.02. The van der Waals surface area contributed by atoms with Crippen molar-refractivity contribution < 1.29 is 14.6 Å². The van der Waals surface area contributed by atoms with Crippen LogP contribution in [0.4, 0.5) is 0 Å². The average molecular weight is 188 g/mol. The molecule has 1 saturated heterocycles. The number of carboxylic acid groups (broad SMARTS) is 1. The summed E-state index contributed by atoms with van der Waals surface area (Å²) in [5, 5.41) is 9.09. The minimum Gasteiger partial charge on any atom is -0.478 e. The fourth-order valence-corrected chi connectivity index (χ4v) is 1.71. The highest BCUT2D eigenvalue weighted by atomic mass is 32.2. The summed E-state index contributed by atoms with van der Waals surface area (Å²) in [4.78, 5) is 10.4. The molecule has 1 aliphatic heterocycles. The van der Waals surface area contributed by atoms with Crippen LogP contribution in [0.25, 0.3) is 0 Å². The molecule has 0 spiro atoms. The normalized spacial score (nSPS) is 18.9. The molecule has 0 radical (unpaired) electrons. The summed E-state index contributed by atoms with van der Waals surface area (Å²) in [5.41, 5.74) is 0.419. The Balaban J connectivity index is 2.14. The van der Waals surface area contributed by atoms with Crippen molar-refractivity contribution in [1.82, 2.24) is 0 Å². The fourth-order valence-electron chi connectivity index (χ4n) is 0.707. The van der Waals surface area contributed by atoms with Crippen LogP contribution < -0.4 is 0 Å². The van der Waals surface area contributed by atoms with Crippen LogP contribution in [0.15, 0.2) is 11.6 Å². The van der Waals surface area contributed by atoms with Crippen LogP contribution in [0.5, 0.6) is 0 Å². The molecule has 12 heavy (non-hydrogen) atoms. The van der Waals surface area contributed by atoms with Gasteiger partial charge in [0.25, 0.3) is 0 Å². The van der Waals surface area contributed by atoms with Crippen LogP contribution in [0, 0.1) is 0 Å². The zero-order valence-corrected chi connectivity index (χ0v) is 7.76. The SMILES string of the molecule is CC(=CCSC1COC1)C(=O)O. The summed E-state index contributed by atoms with van der Waals surface area (Å²) in [6.07, 6.45) is 1.74. The van der Waals surface area contributed by atoms with Crippen molar-refractivity contribution in [3.63, 3.8) is 0 Å². The van der Waals surface area contributed by atoms with Crippen molar-refractivity contribution in [2.24, 2.45) is 0 Å². The Hall–Kier alpha value is -0.480. The zero-order chi connectivity index (χ0) is 8.97. The van der Waals surface area contributed by atoms with E-state index in [1.165, 1.54) is 0 Å². The lowest BCUT2D eigenvalue weighted by Crippen LogP contribution is -2.30. The Morgan fingerprint density at radius 3 is 2.83 bits per heavy atom. The van der Waals surface area contributed by atoms with E-state index < -0.39 is 5.97 Å². The number of carboxylic acids is 1. The van der Waals surface area contributed by atoms with Crippen molar-refractivity contribution in [3.05, 3.63) is 11.6 Å². The summed E-state index contributed by atoms with van der Waals surface area (Å²) < 4.78 is 4.98. The third kappa shape index (κ3) is 2.87. The van der Waals surface area contributed by atoms with Gasteiger partial charge in [-0.05, 0) is 6.92 Å². The molecule has 1 fully saturated rings. The van der Waals surface area contributed by atoms with Crippen LogP contribution in [-0.4, -0.2) is 35.3 Å². The van der Waals surface area contributed by atoms with Gasteiger partial charge in [0.2, 0.25) is 0 Å². The summed E-state index contributed by atoms with van der Waals surface area (Å²) >= 11 is 1.74. The van der Waals surface area contributed by atoms with Gasteiger partial charge in [0, 0.05) is 11.3 Å². The molecular formula is C8H12O3S. The molecule has 0 aromatic rings. The molecule has 0 bridgehead atoms. The lowest BCUT2D eigenvalue weighted by molar-refractivity contribution is -0.132. The molecule has 0 amide bonds. The van der Waals surface area contributed by atoms with Gasteiger partial charge in [-0.3, -0.25) is 0 Å². The predicted octanol–water partition coefficient (Wildman–Crippen LogP) is 1.15. The second kappa shape index (κ2) is 4.52. The number of aliphatic carboxylic acids is 1. The number of rotatable bonds is 4. The van der Waals surface area contributed by atoms with Crippen molar-refractivity contribution >= 4 is 17.7 Å². The lowest BCUT2D eigenvalue weighted by atomic mass is 10.3. The maximum absolute atomic E-state index is 10.4. The highest BCUT2D eigenvalue weighted by Gasteiger charge is 2.17. The number of hydrogen-bond acceptors (Lipinski definition) is 3. The minimum atomic E-state index is -0.833. The number of thioether (sulfide) groups is 1. The molecule has 1 N–H and O–H groups in total. The molecule has 4 heteroatoms. The molecule has 1 heterocycles. The van der Waals surface area contributed by atoms with Crippen LogP contribution >= 0.6 is 11.8 Å². The van der Waals surface area contributed by atoms with E-state index in [0.717, 1.165) is 19.0 Å².